The molecule has 0 spiro atoms. The molecule has 33 heavy (non-hydrogen) atoms. The van der Waals surface area contributed by atoms with E-state index in [2.05, 4.69) is 37.8 Å². The van der Waals surface area contributed by atoms with Crippen LogP contribution in [0.1, 0.15) is 35.1 Å². The lowest BCUT2D eigenvalue weighted by Gasteiger charge is -2.31. The number of sulfone groups is 1. The minimum absolute atomic E-state index is 0.266. The van der Waals surface area contributed by atoms with Crippen LogP contribution >= 0.6 is 11.3 Å². The fraction of sp³-hybridized carbons (Fsp3) is 0.375. The number of thiazole rings is 1. The lowest BCUT2D eigenvalue weighted by atomic mass is 9.98. The van der Waals surface area contributed by atoms with Gasteiger partial charge in [-0.3, -0.25) is 0 Å². The summed E-state index contributed by atoms with van der Waals surface area (Å²) in [5, 5.41) is 2.14. The van der Waals surface area contributed by atoms with Crippen molar-refractivity contribution in [2.75, 3.05) is 18.0 Å². The minimum Gasteiger partial charge on any atom is -0.348 e. The Morgan fingerprint density at radius 2 is 1.67 bits per heavy atom. The number of hydrogen-bond acceptors (Lipinski definition) is 5. The molecule has 0 saturated carbocycles. The first-order valence-electron chi connectivity index (χ1n) is 10.7. The maximum atomic E-state index is 13.0. The Balaban J connectivity index is 1.49. The molecule has 0 unspecified atom stereocenters. The third-order valence-corrected chi connectivity index (χ3v) is 9.23. The van der Waals surface area contributed by atoms with Gasteiger partial charge in [0, 0.05) is 24.0 Å². The van der Waals surface area contributed by atoms with Crippen LogP contribution in [0.3, 0.4) is 0 Å². The van der Waals surface area contributed by atoms with Crippen LogP contribution in [0.4, 0.5) is 18.3 Å². The predicted octanol–water partition coefficient (Wildman–Crippen LogP) is 6.20. The standard InChI is InChI=1S/C24H25F3N2O2S2/c1-15-11-16(2)22(17(3)12-15)21-14-32-23(28-21)29-9-7-19(8-10-29)33(30,31)20-6-4-5-18(13-20)24(25,26)27/h4-6,11-14,19H,7-10H2,1-3H3. The summed E-state index contributed by atoms with van der Waals surface area (Å²) in [6, 6.07) is 8.28. The topological polar surface area (TPSA) is 50.3 Å². The van der Waals surface area contributed by atoms with Gasteiger partial charge >= 0.3 is 6.18 Å². The van der Waals surface area contributed by atoms with Crippen LogP contribution in [-0.2, 0) is 16.0 Å². The molecule has 1 saturated heterocycles. The highest BCUT2D eigenvalue weighted by Gasteiger charge is 2.35. The first-order valence-corrected chi connectivity index (χ1v) is 13.1. The van der Waals surface area contributed by atoms with Crippen LogP contribution in [0.25, 0.3) is 11.3 Å². The number of aryl methyl sites for hydroxylation is 3. The smallest absolute Gasteiger partial charge is 0.348 e. The molecule has 0 radical (unpaired) electrons. The Morgan fingerprint density at radius 1 is 1.03 bits per heavy atom. The molecule has 0 amide bonds. The lowest BCUT2D eigenvalue weighted by Crippen LogP contribution is -2.39. The highest BCUT2D eigenvalue weighted by atomic mass is 32.2. The molecule has 0 atom stereocenters. The Hall–Kier alpha value is -2.39. The summed E-state index contributed by atoms with van der Waals surface area (Å²) in [4.78, 5) is 6.60. The SMILES string of the molecule is Cc1cc(C)c(-c2csc(N3CCC(S(=O)(=O)c4cccc(C(F)(F)F)c4)CC3)n2)c(C)c1. The van der Waals surface area contributed by atoms with Crippen LogP contribution in [0.5, 0.6) is 0 Å². The average molecular weight is 495 g/mol. The number of aromatic nitrogens is 1. The maximum absolute atomic E-state index is 13.0. The average Bonchev–Trinajstić information content (AvgIpc) is 3.22. The molecule has 1 aromatic heterocycles. The number of alkyl halides is 3. The van der Waals surface area contributed by atoms with Gasteiger partial charge in [-0.15, -0.1) is 11.3 Å². The maximum Gasteiger partial charge on any atom is 0.416 e. The lowest BCUT2D eigenvalue weighted by molar-refractivity contribution is -0.137. The van der Waals surface area contributed by atoms with Crippen molar-refractivity contribution in [3.8, 4) is 11.3 Å². The molecule has 2 aromatic carbocycles. The fourth-order valence-electron chi connectivity index (χ4n) is 4.51. The molecule has 0 bridgehead atoms. The molecule has 9 heteroatoms. The molecule has 176 valence electrons. The van der Waals surface area contributed by atoms with Crippen molar-refractivity contribution in [1.82, 2.24) is 4.98 Å². The molecule has 4 nitrogen and oxygen atoms in total. The number of nitrogens with zero attached hydrogens (tertiary/aromatic N) is 2. The number of halogens is 3. The van der Waals surface area contributed by atoms with Gasteiger partial charge in [-0.25, -0.2) is 13.4 Å². The first-order chi connectivity index (χ1) is 15.5. The first kappa shape index (κ1) is 23.8. The summed E-state index contributed by atoms with van der Waals surface area (Å²) in [6.45, 7) is 7.17. The minimum atomic E-state index is -4.58. The summed E-state index contributed by atoms with van der Waals surface area (Å²) in [5.74, 6) is 0. The molecule has 3 aromatic rings. The number of anilines is 1. The van der Waals surface area contributed by atoms with E-state index in [9.17, 15) is 21.6 Å². The van der Waals surface area contributed by atoms with E-state index in [4.69, 9.17) is 4.98 Å². The zero-order valence-corrected chi connectivity index (χ0v) is 20.2. The van der Waals surface area contributed by atoms with E-state index in [0.29, 0.717) is 25.9 Å². The Bertz CT molecular complexity index is 1250. The van der Waals surface area contributed by atoms with Gasteiger partial charge in [-0.05, 0) is 62.9 Å². The molecule has 1 aliphatic heterocycles. The second-order valence-electron chi connectivity index (χ2n) is 8.55. The Morgan fingerprint density at radius 3 is 2.27 bits per heavy atom. The molecule has 1 fully saturated rings. The van der Waals surface area contributed by atoms with Crippen LogP contribution in [0.2, 0.25) is 0 Å². The summed E-state index contributed by atoms with van der Waals surface area (Å²) < 4.78 is 65.1. The van der Waals surface area contributed by atoms with E-state index in [1.165, 1.54) is 23.0 Å². The van der Waals surface area contributed by atoms with Gasteiger partial charge in [0.1, 0.15) is 0 Å². The van der Waals surface area contributed by atoms with Crippen LogP contribution in [0, 0.1) is 20.8 Å². The van der Waals surface area contributed by atoms with E-state index in [0.717, 1.165) is 45.7 Å². The molecule has 2 heterocycles. The summed E-state index contributed by atoms with van der Waals surface area (Å²) in [5.41, 5.74) is 4.60. The Labute approximate surface area is 196 Å². The molecular formula is C24H25F3N2O2S2. The van der Waals surface area contributed by atoms with Gasteiger partial charge in [0.15, 0.2) is 15.0 Å². The van der Waals surface area contributed by atoms with E-state index >= 15 is 0 Å². The van der Waals surface area contributed by atoms with Crippen LogP contribution < -0.4 is 4.90 Å². The van der Waals surface area contributed by atoms with Crippen molar-refractivity contribution in [2.24, 2.45) is 0 Å². The van der Waals surface area contributed by atoms with Crippen molar-refractivity contribution in [2.45, 2.75) is 49.9 Å². The number of benzene rings is 2. The highest BCUT2D eigenvalue weighted by Crippen LogP contribution is 2.35. The largest absolute Gasteiger partial charge is 0.416 e. The molecule has 0 aliphatic carbocycles. The van der Waals surface area contributed by atoms with Gasteiger partial charge in [-0.2, -0.15) is 13.2 Å². The third kappa shape index (κ3) is 4.80. The van der Waals surface area contributed by atoms with Gasteiger partial charge in [0.2, 0.25) is 0 Å². The van der Waals surface area contributed by atoms with E-state index in [-0.39, 0.29) is 4.90 Å². The third-order valence-electron chi connectivity index (χ3n) is 6.07. The molecule has 0 N–H and O–H groups in total. The van der Waals surface area contributed by atoms with Crippen LogP contribution in [-0.4, -0.2) is 31.7 Å². The van der Waals surface area contributed by atoms with Gasteiger partial charge in [-0.1, -0.05) is 23.8 Å². The second kappa shape index (κ2) is 8.76. The monoisotopic (exact) mass is 494 g/mol. The van der Waals surface area contributed by atoms with E-state index < -0.39 is 26.8 Å². The second-order valence-corrected chi connectivity index (χ2v) is 11.6. The summed E-state index contributed by atoms with van der Waals surface area (Å²) in [6.07, 6.45) is -3.89. The fourth-order valence-corrected chi connectivity index (χ4v) is 7.15. The number of rotatable bonds is 4. The van der Waals surface area contributed by atoms with Gasteiger partial charge < -0.3 is 4.90 Å². The molecular weight excluding hydrogens is 469 g/mol. The normalized spacial score (nSPS) is 15.8. The predicted molar refractivity (Wildman–Crippen MR) is 126 cm³/mol. The van der Waals surface area contributed by atoms with E-state index in [1.807, 2.05) is 5.38 Å². The Kier molecular flexibility index (Phi) is 6.30. The summed E-state index contributed by atoms with van der Waals surface area (Å²) in [7, 11) is -3.85. The zero-order chi connectivity index (χ0) is 24.0. The number of piperidine rings is 1. The van der Waals surface area contributed by atoms with Gasteiger partial charge in [0.25, 0.3) is 0 Å². The van der Waals surface area contributed by atoms with Crippen molar-refractivity contribution in [3.63, 3.8) is 0 Å². The molecule has 1 aliphatic rings. The van der Waals surface area contributed by atoms with Crippen molar-refractivity contribution in [1.29, 1.82) is 0 Å². The van der Waals surface area contributed by atoms with Crippen molar-refractivity contribution < 1.29 is 21.6 Å². The quantitative estimate of drug-likeness (QED) is 0.434. The van der Waals surface area contributed by atoms with Crippen molar-refractivity contribution >= 4 is 26.3 Å². The molecule has 4 rings (SSSR count). The zero-order valence-electron chi connectivity index (χ0n) is 18.6. The van der Waals surface area contributed by atoms with E-state index in [1.54, 1.807) is 0 Å². The van der Waals surface area contributed by atoms with Gasteiger partial charge in [0.05, 0.1) is 21.4 Å². The summed E-state index contributed by atoms with van der Waals surface area (Å²) >= 11 is 1.52. The van der Waals surface area contributed by atoms with Crippen molar-refractivity contribution in [3.05, 3.63) is 64.0 Å². The number of hydrogen-bond donors (Lipinski definition) is 0. The highest BCUT2D eigenvalue weighted by molar-refractivity contribution is 7.92. The van der Waals surface area contributed by atoms with Crippen LogP contribution in [0.15, 0.2) is 46.7 Å².